The van der Waals surface area contributed by atoms with Crippen LogP contribution in [0, 0.1) is 19.7 Å². The monoisotopic (exact) mass is 288 g/mol. The van der Waals surface area contributed by atoms with Crippen molar-refractivity contribution in [1.29, 1.82) is 0 Å². The number of hydrogen-bond donors (Lipinski definition) is 1. The molecule has 1 N–H and O–H groups in total. The van der Waals surface area contributed by atoms with Gasteiger partial charge in [-0.3, -0.25) is 4.98 Å². The molecule has 0 unspecified atom stereocenters. The van der Waals surface area contributed by atoms with E-state index in [0.29, 0.717) is 17.9 Å². The first-order chi connectivity index (χ1) is 9.93. The number of benzene rings is 1. The van der Waals surface area contributed by atoms with Crippen molar-refractivity contribution in [3.05, 3.63) is 53.1 Å². The first-order valence-corrected chi connectivity index (χ1v) is 6.68. The van der Waals surface area contributed by atoms with Crippen LogP contribution in [0.25, 0.3) is 0 Å². The number of halogens is 1. The lowest BCUT2D eigenvalue weighted by Gasteiger charge is -2.26. The van der Waals surface area contributed by atoms with Crippen molar-refractivity contribution in [3.8, 4) is 0 Å². The molecule has 2 rings (SSSR count). The number of carbonyl (C=O) groups is 1. The first-order valence-electron chi connectivity index (χ1n) is 6.68. The van der Waals surface area contributed by atoms with E-state index in [1.807, 2.05) is 18.7 Å². The van der Waals surface area contributed by atoms with Gasteiger partial charge in [-0.2, -0.15) is 0 Å². The van der Waals surface area contributed by atoms with Gasteiger partial charge in [0.15, 0.2) is 0 Å². The van der Waals surface area contributed by atoms with Crippen molar-refractivity contribution >= 4 is 17.3 Å². The van der Waals surface area contributed by atoms with Crippen LogP contribution < -0.4 is 4.90 Å². The van der Waals surface area contributed by atoms with Crippen LogP contribution in [0.15, 0.2) is 30.3 Å². The molecule has 1 aromatic carbocycles. The Balaban J connectivity index is 2.61. The van der Waals surface area contributed by atoms with Gasteiger partial charge >= 0.3 is 5.97 Å². The second-order valence-electron chi connectivity index (χ2n) is 4.77. The van der Waals surface area contributed by atoms with Gasteiger partial charge in [-0.25, -0.2) is 9.18 Å². The van der Waals surface area contributed by atoms with Crippen molar-refractivity contribution in [1.82, 2.24) is 4.98 Å². The van der Waals surface area contributed by atoms with Crippen molar-refractivity contribution in [3.63, 3.8) is 0 Å². The summed E-state index contributed by atoms with van der Waals surface area (Å²) < 4.78 is 13.1. The number of aryl methyl sites for hydroxylation is 2. The van der Waals surface area contributed by atoms with E-state index in [2.05, 4.69) is 4.98 Å². The summed E-state index contributed by atoms with van der Waals surface area (Å²) in [4.78, 5) is 17.6. The smallest absolute Gasteiger partial charge is 0.339 e. The molecule has 0 saturated carbocycles. The third-order valence-electron chi connectivity index (χ3n) is 3.27. The Kier molecular flexibility index (Phi) is 4.21. The number of aromatic carboxylic acids is 1. The highest BCUT2D eigenvalue weighted by molar-refractivity contribution is 5.96. The van der Waals surface area contributed by atoms with Gasteiger partial charge in [-0.05, 0) is 51.1 Å². The lowest BCUT2D eigenvalue weighted by atomic mass is 10.1. The molecule has 0 fully saturated rings. The normalized spacial score (nSPS) is 10.5. The number of aromatic nitrogens is 1. The maximum atomic E-state index is 13.1. The zero-order valence-corrected chi connectivity index (χ0v) is 12.2. The van der Waals surface area contributed by atoms with Gasteiger partial charge in [-0.1, -0.05) is 0 Å². The highest BCUT2D eigenvalue weighted by atomic mass is 19.1. The van der Waals surface area contributed by atoms with E-state index in [1.165, 1.54) is 12.1 Å². The number of nitrogens with zero attached hydrogens (tertiary/aromatic N) is 2. The Morgan fingerprint density at radius 2 is 1.90 bits per heavy atom. The molecule has 0 aliphatic carbocycles. The molecule has 0 spiro atoms. The minimum Gasteiger partial charge on any atom is -0.478 e. The third-order valence-corrected chi connectivity index (χ3v) is 3.27. The van der Waals surface area contributed by atoms with Crippen molar-refractivity contribution in [2.24, 2.45) is 0 Å². The molecule has 21 heavy (non-hydrogen) atoms. The van der Waals surface area contributed by atoms with Gasteiger partial charge in [0.25, 0.3) is 0 Å². The average molecular weight is 288 g/mol. The summed E-state index contributed by atoms with van der Waals surface area (Å²) in [7, 11) is 0. The molecule has 4 nitrogen and oxygen atoms in total. The van der Waals surface area contributed by atoms with Crippen LogP contribution in [-0.4, -0.2) is 22.6 Å². The Labute approximate surface area is 122 Å². The van der Waals surface area contributed by atoms with Crippen LogP contribution in [-0.2, 0) is 0 Å². The fraction of sp³-hybridized carbons (Fsp3) is 0.250. The number of hydrogen-bond acceptors (Lipinski definition) is 3. The second-order valence-corrected chi connectivity index (χ2v) is 4.77. The molecule has 0 saturated heterocycles. The van der Waals surface area contributed by atoms with Crippen LogP contribution in [0.2, 0.25) is 0 Å². The van der Waals surface area contributed by atoms with Crippen molar-refractivity contribution in [2.75, 3.05) is 11.4 Å². The lowest BCUT2D eigenvalue weighted by Crippen LogP contribution is -2.20. The molecule has 0 atom stereocenters. The largest absolute Gasteiger partial charge is 0.478 e. The Morgan fingerprint density at radius 1 is 1.29 bits per heavy atom. The van der Waals surface area contributed by atoms with Crippen LogP contribution in [0.1, 0.15) is 28.7 Å². The van der Waals surface area contributed by atoms with E-state index in [4.69, 9.17) is 0 Å². The summed E-state index contributed by atoms with van der Waals surface area (Å²) in [6, 6.07) is 7.73. The highest BCUT2D eigenvalue weighted by Gasteiger charge is 2.20. The van der Waals surface area contributed by atoms with Crippen LogP contribution >= 0.6 is 0 Å². The molecular weight excluding hydrogens is 271 g/mol. The number of pyridine rings is 1. The third kappa shape index (κ3) is 3.02. The summed E-state index contributed by atoms with van der Waals surface area (Å²) in [5.74, 6) is -1.34. The molecule has 2 aromatic rings. The van der Waals surface area contributed by atoms with E-state index >= 15 is 0 Å². The Hall–Kier alpha value is -2.43. The van der Waals surface area contributed by atoms with Gasteiger partial charge in [-0.15, -0.1) is 0 Å². The molecule has 0 amide bonds. The zero-order valence-electron chi connectivity index (χ0n) is 12.2. The fourth-order valence-electron chi connectivity index (χ4n) is 2.40. The quantitative estimate of drug-likeness (QED) is 0.932. The van der Waals surface area contributed by atoms with E-state index in [-0.39, 0.29) is 11.4 Å². The highest BCUT2D eigenvalue weighted by Crippen LogP contribution is 2.30. The van der Waals surface area contributed by atoms with E-state index < -0.39 is 5.97 Å². The molecule has 0 aliphatic heterocycles. The standard InChI is InChI=1S/C16H17FN2O2/c1-4-19(13-7-5-12(17)6-8-13)14-9-10(2)18-11(3)15(14)16(20)21/h5-9H,4H2,1-3H3,(H,20,21). The predicted octanol–water partition coefficient (Wildman–Crippen LogP) is 3.69. The van der Waals surface area contributed by atoms with E-state index in [9.17, 15) is 14.3 Å². The number of rotatable bonds is 4. The summed E-state index contributed by atoms with van der Waals surface area (Å²) >= 11 is 0. The van der Waals surface area contributed by atoms with Gasteiger partial charge in [0, 0.05) is 17.9 Å². The van der Waals surface area contributed by atoms with Gasteiger partial charge < -0.3 is 10.0 Å². The molecule has 110 valence electrons. The van der Waals surface area contributed by atoms with Crippen molar-refractivity contribution < 1.29 is 14.3 Å². The first kappa shape index (κ1) is 15.0. The van der Waals surface area contributed by atoms with E-state index in [1.54, 1.807) is 25.1 Å². The number of carboxylic acid groups (broad SMARTS) is 1. The summed E-state index contributed by atoms with van der Waals surface area (Å²) in [6.45, 7) is 5.98. The summed E-state index contributed by atoms with van der Waals surface area (Å²) in [5.41, 5.74) is 2.70. The van der Waals surface area contributed by atoms with Crippen molar-refractivity contribution in [2.45, 2.75) is 20.8 Å². The molecule has 0 aliphatic rings. The fourth-order valence-corrected chi connectivity index (χ4v) is 2.40. The SMILES string of the molecule is CCN(c1ccc(F)cc1)c1cc(C)nc(C)c1C(=O)O. The summed E-state index contributed by atoms with van der Waals surface area (Å²) in [5, 5.41) is 9.45. The van der Waals surface area contributed by atoms with Gasteiger partial charge in [0.1, 0.15) is 11.4 Å². The Morgan fingerprint density at radius 3 is 2.43 bits per heavy atom. The second kappa shape index (κ2) is 5.91. The minimum absolute atomic E-state index is 0.173. The predicted molar refractivity (Wildman–Crippen MR) is 79.8 cm³/mol. The van der Waals surface area contributed by atoms with Crippen LogP contribution in [0.3, 0.4) is 0 Å². The number of carboxylic acids is 1. The molecule has 1 aromatic heterocycles. The van der Waals surface area contributed by atoms with Crippen LogP contribution in [0.4, 0.5) is 15.8 Å². The maximum absolute atomic E-state index is 13.1. The molecular formula is C16H17FN2O2. The van der Waals surface area contributed by atoms with Gasteiger partial charge in [0.2, 0.25) is 0 Å². The molecule has 1 heterocycles. The molecule has 0 radical (unpaired) electrons. The zero-order chi connectivity index (χ0) is 15.6. The van der Waals surface area contributed by atoms with Gasteiger partial charge in [0.05, 0.1) is 11.4 Å². The molecule has 0 bridgehead atoms. The van der Waals surface area contributed by atoms with E-state index in [0.717, 1.165) is 11.4 Å². The average Bonchev–Trinajstić information content (AvgIpc) is 2.40. The summed E-state index contributed by atoms with van der Waals surface area (Å²) in [6.07, 6.45) is 0. The topological polar surface area (TPSA) is 53.4 Å². The maximum Gasteiger partial charge on any atom is 0.339 e. The Bertz CT molecular complexity index is 669. The number of anilines is 2. The minimum atomic E-state index is -1.02. The molecule has 5 heteroatoms. The van der Waals surface area contributed by atoms with Crippen LogP contribution in [0.5, 0.6) is 0 Å². The lowest BCUT2D eigenvalue weighted by molar-refractivity contribution is 0.0696.